The standard InChI is InChI=1S/C4H8O2.80H2O/c1-3-6-4(2)5;;;;;;;;;;;;;;;;;;;;;;;;;;;;;;;;;;;;;;;;;;;;;;;;;;;;;;;;;;;;;;;;;;;;;;;;;;;;;;;;/h3H2,1-2H3;80*1H2. The Morgan fingerprint density at radius 1 is 0.140 bits per heavy atom. The zero-order chi connectivity index (χ0) is 4.99. The second-order valence-electron chi connectivity index (χ2n) is 0.925. The van der Waals surface area contributed by atoms with Gasteiger partial charge < -0.3 is 443 Å². The van der Waals surface area contributed by atoms with Crippen molar-refractivity contribution in [2.45, 2.75) is 13.8 Å². The molecular weight excluding hydrogens is 1360 g/mol. The largest absolute Gasteiger partial charge is 0.466 e. The molecule has 0 amide bonds. The van der Waals surface area contributed by atoms with Crippen molar-refractivity contribution in [3.8, 4) is 0 Å². The maximum atomic E-state index is 9.82. The molecule has 0 radical (unpaired) electrons. The van der Waals surface area contributed by atoms with E-state index in [4.69, 9.17) is 0 Å². The van der Waals surface area contributed by atoms with Crippen LogP contribution in [0.15, 0.2) is 0 Å². The summed E-state index contributed by atoms with van der Waals surface area (Å²) in [6, 6.07) is 0. The first-order valence-electron chi connectivity index (χ1n) is 1.90. The average Bonchev–Trinajstić information content (AvgIpc) is 1.35. The van der Waals surface area contributed by atoms with Gasteiger partial charge in [-0.2, -0.15) is 0 Å². The fraction of sp³-hybridized carbons (Fsp3) is 0.750. The zero-order valence-corrected chi connectivity index (χ0v) is 44.0. The number of hydrogen-bond donors (Lipinski definition) is 0. The number of rotatable bonds is 1. The Morgan fingerprint density at radius 3 is 0.174 bits per heavy atom. The van der Waals surface area contributed by atoms with Crippen LogP contribution in [0, 0.1) is 0 Å². The Hall–Kier alpha value is -3.73. The molecule has 0 saturated heterocycles. The Balaban J connectivity index is -0.0000000000396. The molecule has 0 saturated carbocycles. The van der Waals surface area contributed by atoms with Crippen LogP contribution in [0.25, 0.3) is 0 Å². The third kappa shape index (κ3) is 947000. The van der Waals surface area contributed by atoms with Gasteiger partial charge in [0.1, 0.15) is 0 Å². The monoisotopic (exact) mass is 1530 g/mol. The molecule has 0 spiro atoms. The highest BCUT2D eigenvalue weighted by Gasteiger charge is 1.81. The van der Waals surface area contributed by atoms with E-state index in [1.165, 1.54) is 6.92 Å². The van der Waals surface area contributed by atoms with E-state index in [-0.39, 0.29) is 444 Å². The fourth-order valence-corrected chi connectivity index (χ4v) is 0.203. The van der Waals surface area contributed by atoms with E-state index in [9.17, 15) is 4.79 Å². The minimum atomic E-state index is -0.211. The van der Waals surface area contributed by atoms with Crippen LogP contribution >= 0.6 is 0 Å². The Kier molecular flexibility index (Phi) is 1270000000. The summed E-state index contributed by atoms with van der Waals surface area (Å²) in [7, 11) is 0. The van der Waals surface area contributed by atoms with Crippen molar-refractivity contribution in [2.24, 2.45) is 0 Å². The van der Waals surface area contributed by atoms with Gasteiger partial charge in [0.05, 0.1) is 6.61 Å². The molecule has 0 aromatic carbocycles. The molecule has 0 heterocycles. The van der Waals surface area contributed by atoms with Crippen LogP contribution < -0.4 is 0 Å². The first-order chi connectivity index (χ1) is 2.77. The molecule has 82 heteroatoms. The van der Waals surface area contributed by atoms with Crippen LogP contribution in [-0.2, 0) is 9.53 Å². The van der Waals surface area contributed by atoms with Crippen LogP contribution in [-0.4, -0.2) is 451 Å². The molecule has 0 fully saturated rings. The fourth-order valence-electron chi connectivity index (χ4n) is 0.203. The third-order valence-corrected chi connectivity index (χ3v) is 0.348. The zero-order valence-electron chi connectivity index (χ0n) is 44.0. The van der Waals surface area contributed by atoms with Crippen LogP contribution in [0.3, 0.4) is 0 Å². The molecule has 0 aliphatic heterocycles. The van der Waals surface area contributed by atoms with Gasteiger partial charge in [-0.3, -0.25) is 4.79 Å². The van der Waals surface area contributed by atoms with Crippen molar-refractivity contribution in [3.63, 3.8) is 0 Å². The van der Waals surface area contributed by atoms with Crippen molar-refractivity contribution in [3.05, 3.63) is 0 Å². The maximum Gasteiger partial charge on any atom is 0.302 e. The second-order valence-corrected chi connectivity index (χ2v) is 0.925. The first-order valence-corrected chi connectivity index (χ1v) is 1.90. The summed E-state index contributed by atoms with van der Waals surface area (Å²) in [4.78, 5) is 9.82. The van der Waals surface area contributed by atoms with E-state index in [2.05, 4.69) is 4.74 Å². The van der Waals surface area contributed by atoms with E-state index in [1.54, 1.807) is 6.92 Å². The lowest BCUT2D eigenvalue weighted by molar-refractivity contribution is -0.140. The van der Waals surface area contributed by atoms with Gasteiger partial charge in [0.25, 0.3) is 0 Å². The lowest BCUT2D eigenvalue weighted by atomic mass is 10.8. The molecular formula is C4H168O82. The summed E-state index contributed by atoms with van der Waals surface area (Å²) in [6.45, 7) is 3.65. The predicted molar refractivity (Wildman–Crippen MR) is 311 cm³/mol. The highest BCUT2D eigenvalue weighted by Crippen LogP contribution is 1.69. The highest BCUT2D eigenvalue weighted by atomic mass is 16.5. The van der Waals surface area contributed by atoms with Gasteiger partial charge in [-0.05, 0) is 6.92 Å². The summed E-state index contributed by atoms with van der Waals surface area (Å²) in [5.74, 6) is -0.211. The molecule has 0 aliphatic carbocycles. The minimum absolute atomic E-state index is 0. The quantitative estimate of drug-likeness (QED) is 0.231. The summed E-state index contributed by atoms with van der Waals surface area (Å²) in [5.41, 5.74) is 0. The summed E-state index contributed by atoms with van der Waals surface area (Å²) in [5, 5.41) is 0. The molecule has 0 unspecified atom stereocenters. The molecule has 82 nitrogen and oxygen atoms in total. The van der Waals surface area contributed by atoms with E-state index in [0.29, 0.717) is 6.61 Å². The first kappa shape index (κ1) is 337000. The minimum Gasteiger partial charge on any atom is -0.466 e. The molecule has 676 valence electrons. The number of carbonyl (C=O) groups excluding carboxylic acids is 1. The van der Waals surface area contributed by atoms with Crippen LogP contribution in [0.5, 0.6) is 0 Å². The lowest BCUT2D eigenvalue weighted by Gasteiger charge is -1.89. The summed E-state index contributed by atoms with van der Waals surface area (Å²) >= 11 is 0. The van der Waals surface area contributed by atoms with Crippen molar-refractivity contribution in [1.82, 2.24) is 0 Å². The van der Waals surface area contributed by atoms with Gasteiger partial charge in [-0.15, -0.1) is 0 Å². The van der Waals surface area contributed by atoms with Crippen molar-refractivity contribution in [1.29, 1.82) is 0 Å². The summed E-state index contributed by atoms with van der Waals surface area (Å²) < 4.78 is 4.40. The topological polar surface area (TPSA) is 2550 Å². The van der Waals surface area contributed by atoms with E-state index in [0.717, 1.165) is 0 Å². The molecule has 0 aromatic heterocycles. The Labute approximate surface area is 476 Å². The third-order valence-electron chi connectivity index (χ3n) is 0.348. The molecule has 0 rings (SSSR count). The van der Waals surface area contributed by atoms with Gasteiger partial charge in [0.15, 0.2) is 0 Å². The average molecular weight is 1530 g/mol. The van der Waals surface area contributed by atoms with Crippen molar-refractivity contribution in [2.75, 3.05) is 6.61 Å². The number of hydrogen-bond acceptors (Lipinski definition) is 2. The van der Waals surface area contributed by atoms with Crippen LogP contribution in [0.4, 0.5) is 0 Å². The Morgan fingerprint density at radius 2 is 0.174 bits per heavy atom. The van der Waals surface area contributed by atoms with E-state index in [1.807, 2.05) is 0 Å². The van der Waals surface area contributed by atoms with E-state index < -0.39 is 0 Å². The molecule has 0 aliphatic rings. The number of esters is 1. The number of carbonyl (C=O) groups is 1. The molecule has 0 bridgehead atoms. The lowest BCUT2D eigenvalue weighted by Crippen LogP contribution is -1.95. The van der Waals surface area contributed by atoms with Gasteiger partial charge in [0, 0.05) is 6.92 Å². The SMILES string of the molecule is CCOC(C)=O.O.O.O.O.O.O.O.O.O.O.O.O.O.O.O.O.O.O.O.O.O.O.O.O.O.O.O.O.O.O.O.O.O.O.O.O.O.O.O.O.O.O.O.O.O.O.O.O.O.O.O.O.O.O.O.O.O.O.O.O.O.O.O.O.O.O.O.O.O.O.O.O.O.O.O.O.O.O.O.O. The molecule has 160 N–H and O–H groups in total. The van der Waals surface area contributed by atoms with Gasteiger partial charge in [-0.25, -0.2) is 0 Å². The Bertz CT molecular complexity index is 67.3. The predicted octanol–water partition coefficient (Wildman–Crippen LogP) is -65.4. The van der Waals surface area contributed by atoms with Gasteiger partial charge in [0.2, 0.25) is 0 Å². The smallest absolute Gasteiger partial charge is 0.302 e. The van der Waals surface area contributed by atoms with Crippen LogP contribution in [0.2, 0.25) is 0 Å². The van der Waals surface area contributed by atoms with Gasteiger partial charge in [-0.1, -0.05) is 0 Å². The van der Waals surface area contributed by atoms with Crippen molar-refractivity contribution >= 4 is 5.97 Å². The van der Waals surface area contributed by atoms with E-state index >= 15 is 0 Å². The molecule has 0 atom stereocenters. The molecule has 0 aromatic rings. The van der Waals surface area contributed by atoms with Crippen LogP contribution in [0.1, 0.15) is 13.8 Å². The van der Waals surface area contributed by atoms with Gasteiger partial charge >= 0.3 is 5.97 Å². The second kappa shape index (κ2) is 325000. The molecule has 86 heavy (non-hydrogen) atoms. The normalized spacial score (nSPS) is 0.535. The summed E-state index contributed by atoms with van der Waals surface area (Å²) in [6.07, 6.45) is 0. The maximum absolute atomic E-state index is 9.82. The number of ether oxygens (including phenoxy) is 1. The van der Waals surface area contributed by atoms with Crippen molar-refractivity contribution < 1.29 is 448 Å². The highest BCUT2D eigenvalue weighted by molar-refractivity contribution is 5.65.